The zero-order valence-corrected chi connectivity index (χ0v) is 19.6. The second kappa shape index (κ2) is 10.2. The number of hydrogen-bond donors (Lipinski definition) is 2. The van der Waals surface area contributed by atoms with E-state index in [4.69, 9.17) is 9.47 Å². The van der Waals surface area contributed by atoms with E-state index in [0.29, 0.717) is 26.4 Å². The van der Waals surface area contributed by atoms with Gasteiger partial charge in [0.1, 0.15) is 17.1 Å². The van der Waals surface area contributed by atoms with Gasteiger partial charge in [0.15, 0.2) is 5.69 Å². The van der Waals surface area contributed by atoms with E-state index in [1.807, 2.05) is 0 Å². The number of aromatic nitrogens is 2. The molecule has 1 aromatic heterocycles. The van der Waals surface area contributed by atoms with Crippen molar-refractivity contribution in [3.05, 3.63) is 35.5 Å². The summed E-state index contributed by atoms with van der Waals surface area (Å²) in [5.74, 6) is -1.22. The number of ether oxygens (including phenoxy) is 2. The summed E-state index contributed by atoms with van der Waals surface area (Å²) in [6.07, 6.45) is 1.64. The van der Waals surface area contributed by atoms with Gasteiger partial charge in [0.05, 0.1) is 11.5 Å². The highest BCUT2D eigenvalue weighted by Gasteiger charge is 2.24. The highest BCUT2D eigenvalue weighted by atomic mass is 32.2. The first-order valence-electron chi connectivity index (χ1n) is 10.5. The molecule has 1 amide bonds. The van der Waals surface area contributed by atoms with Crippen molar-refractivity contribution in [3.8, 4) is 5.75 Å². The Hall–Kier alpha value is -3.12. The van der Waals surface area contributed by atoms with Gasteiger partial charge in [-0.3, -0.25) is 9.52 Å². The Kier molecular flexibility index (Phi) is 7.59. The number of amides is 1. The molecule has 0 spiro atoms. The molecule has 1 aromatic carbocycles. The number of carbonyl (C=O) groups is 2. The fraction of sp³-hybridized carbons (Fsp3) is 0.476. The third-order valence-electron chi connectivity index (χ3n) is 5.25. The fourth-order valence-corrected chi connectivity index (χ4v) is 4.44. The van der Waals surface area contributed by atoms with Crippen LogP contribution in [0, 0.1) is 5.92 Å². The van der Waals surface area contributed by atoms with E-state index in [1.165, 1.54) is 27.8 Å². The molecule has 0 unspecified atom stereocenters. The molecule has 2 heterocycles. The third kappa shape index (κ3) is 5.82. The summed E-state index contributed by atoms with van der Waals surface area (Å²) in [4.78, 5) is 25.0. The first kappa shape index (κ1) is 24.5. The number of aryl methyl sites for hydroxylation is 1. The molecule has 1 saturated heterocycles. The standard InChI is InChI=1S/C21H28N4O7S/c1-4-25-19(12-17(22-25)20(26)24(2)3)23-33(29,30)15-5-6-18(16(11-15)21(27)28)32-13-14-7-9-31-10-8-14/h5-6,11-12,14,23H,4,7-10,13H2,1-3H3,(H,27,28). The van der Waals surface area contributed by atoms with Crippen molar-refractivity contribution in [1.29, 1.82) is 0 Å². The number of rotatable bonds is 9. The quantitative estimate of drug-likeness (QED) is 0.555. The molecule has 12 heteroatoms. The molecule has 1 aliphatic rings. The van der Waals surface area contributed by atoms with Crippen LogP contribution in [0.5, 0.6) is 5.75 Å². The highest BCUT2D eigenvalue weighted by molar-refractivity contribution is 7.92. The average Bonchev–Trinajstić information content (AvgIpc) is 3.19. The number of anilines is 1. The SMILES string of the molecule is CCn1nc(C(=O)N(C)C)cc1NS(=O)(=O)c1ccc(OCC2CCOCC2)c(C(=O)O)c1. The van der Waals surface area contributed by atoms with Crippen LogP contribution in [-0.4, -0.2) is 74.0 Å². The largest absolute Gasteiger partial charge is 0.492 e. The summed E-state index contributed by atoms with van der Waals surface area (Å²) in [5.41, 5.74) is -0.167. The maximum absolute atomic E-state index is 13.0. The molecule has 11 nitrogen and oxygen atoms in total. The summed E-state index contributed by atoms with van der Waals surface area (Å²) in [6, 6.07) is 5.03. The van der Waals surface area contributed by atoms with Gasteiger partial charge in [-0.15, -0.1) is 0 Å². The van der Waals surface area contributed by atoms with Crippen molar-refractivity contribution in [2.45, 2.75) is 31.2 Å². The maximum Gasteiger partial charge on any atom is 0.339 e. The number of benzene rings is 1. The molecule has 0 saturated carbocycles. The van der Waals surface area contributed by atoms with Crippen LogP contribution >= 0.6 is 0 Å². The Morgan fingerprint density at radius 2 is 1.97 bits per heavy atom. The highest BCUT2D eigenvalue weighted by Crippen LogP contribution is 2.26. The first-order valence-corrected chi connectivity index (χ1v) is 12.0. The lowest BCUT2D eigenvalue weighted by atomic mass is 10.0. The first-order chi connectivity index (χ1) is 15.6. The Bertz CT molecular complexity index is 1120. The zero-order chi connectivity index (χ0) is 24.2. The van der Waals surface area contributed by atoms with Crippen molar-refractivity contribution < 1.29 is 32.6 Å². The van der Waals surface area contributed by atoms with Crippen LogP contribution in [0.25, 0.3) is 0 Å². The lowest BCUT2D eigenvalue weighted by molar-refractivity contribution is 0.0490. The molecule has 0 aliphatic carbocycles. The van der Waals surface area contributed by atoms with Crippen LogP contribution in [0.1, 0.15) is 40.6 Å². The number of nitrogens with zero attached hydrogens (tertiary/aromatic N) is 3. The topological polar surface area (TPSA) is 140 Å². The normalized spacial score (nSPS) is 14.6. The average molecular weight is 481 g/mol. The van der Waals surface area contributed by atoms with Crippen LogP contribution in [0.15, 0.2) is 29.2 Å². The van der Waals surface area contributed by atoms with Gasteiger partial charge in [0.2, 0.25) is 0 Å². The monoisotopic (exact) mass is 480 g/mol. The second-order valence-corrected chi connectivity index (χ2v) is 9.55. The predicted molar refractivity (Wildman–Crippen MR) is 119 cm³/mol. The lowest BCUT2D eigenvalue weighted by Crippen LogP contribution is -2.22. The van der Waals surface area contributed by atoms with Gasteiger partial charge < -0.3 is 19.5 Å². The van der Waals surface area contributed by atoms with Crippen molar-refractivity contribution in [3.63, 3.8) is 0 Å². The van der Waals surface area contributed by atoms with Gasteiger partial charge in [0.25, 0.3) is 15.9 Å². The van der Waals surface area contributed by atoms with E-state index < -0.39 is 16.0 Å². The molecule has 0 atom stereocenters. The van der Waals surface area contributed by atoms with E-state index >= 15 is 0 Å². The van der Waals surface area contributed by atoms with Crippen molar-refractivity contribution in [2.24, 2.45) is 5.92 Å². The predicted octanol–water partition coefficient (Wildman–Crippen LogP) is 1.91. The molecule has 2 N–H and O–H groups in total. The molecule has 2 aromatic rings. The summed E-state index contributed by atoms with van der Waals surface area (Å²) < 4.78 is 40.7. The minimum Gasteiger partial charge on any atom is -0.492 e. The number of aromatic carboxylic acids is 1. The van der Waals surface area contributed by atoms with Gasteiger partial charge >= 0.3 is 5.97 Å². The number of carboxylic acids is 1. The van der Waals surface area contributed by atoms with Gasteiger partial charge in [-0.25, -0.2) is 17.9 Å². The van der Waals surface area contributed by atoms with Crippen LogP contribution in [-0.2, 0) is 21.3 Å². The zero-order valence-electron chi connectivity index (χ0n) is 18.8. The molecule has 0 radical (unpaired) electrons. The molecule has 0 bridgehead atoms. The molecule has 1 aliphatic heterocycles. The van der Waals surface area contributed by atoms with Crippen molar-refractivity contribution in [2.75, 3.05) is 38.6 Å². The summed E-state index contributed by atoms with van der Waals surface area (Å²) in [7, 11) is -1.03. The van der Waals surface area contributed by atoms with Crippen molar-refractivity contribution >= 4 is 27.7 Å². The summed E-state index contributed by atoms with van der Waals surface area (Å²) >= 11 is 0. The summed E-state index contributed by atoms with van der Waals surface area (Å²) in [5, 5.41) is 13.7. The number of sulfonamides is 1. The molecule has 33 heavy (non-hydrogen) atoms. The molecular weight excluding hydrogens is 452 g/mol. The molecule has 1 fully saturated rings. The smallest absolute Gasteiger partial charge is 0.339 e. The number of nitrogens with one attached hydrogen (secondary N) is 1. The minimum atomic E-state index is -4.16. The van der Waals surface area contributed by atoms with E-state index in [0.717, 1.165) is 18.9 Å². The van der Waals surface area contributed by atoms with Crippen LogP contribution in [0.3, 0.4) is 0 Å². The van der Waals surface area contributed by atoms with E-state index in [1.54, 1.807) is 21.0 Å². The minimum absolute atomic E-state index is 0.0858. The van der Waals surface area contributed by atoms with Crippen LogP contribution in [0.2, 0.25) is 0 Å². The molecule has 3 rings (SSSR count). The third-order valence-corrected chi connectivity index (χ3v) is 6.60. The Morgan fingerprint density at radius 1 is 1.27 bits per heavy atom. The van der Waals surface area contributed by atoms with Gasteiger partial charge in [-0.1, -0.05) is 0 Å². The van der Waals surface area contributed by atoms with E-state index in [2.05, 4.69) is 9.82 Å². The second-order valence-electron chi connectivity index (χ2n) is 7.87. The van der Waals surface area contributed by atoms with E-state index in [-0.39, 0.29) is 39.5 Å². The van der Waals surface area contributed by atoms with Crippen molar-refractivity contribution in [1.82, 2.24) is 14.7 Å². The Balaban J connectivity index is 1.83. The summed E-state index contributed by atoms with van der Waals surface area (Å²) in [6.45, 7) is 3.67. The number of carbonyl (C=O) groups excluding carboxylic acids is 1. The molecule has 180 valence electrons. The van der Waals surface area contributed by atoms with E-state index in [9.17, 15) is 23.1 Å². The van der Waals surface area contributed by atoms with Gasteiger partial charge in [-0.2, -0.15) is 5.10 Å². The lowest BCUT2D eigenvalue weighted by Gasteiger charge is -2.22. The van der Waals surface area contributed by atoms with Gasteiger partial charge in [0, 0.05) is 39.9 Å². The number of carboxylic acid groups (broad SMARTS) is 1. The Labute approximate surface area is 192 Å². The fourth-order valence-electron chi connectivity index (χ4n) is 3.36. The molecular formula is C21H28N4O7S. The van der Waals surface area contributed by atoms with Gasteiger partial charge in [-0.05, 0) is 43.9 Å². The van der Waals surface area contributed by atoms with Crippen LogP contribution in [0.4, 0.5) is 5.82 Å². The number of hydrogen-bond acceptors (Lipinski definition) is 7. The van der Waals surface area contributed by atoms with Crippen LogP contribution < -0.4 is 9.46 Å². The maximum atomic E-state index is 13.0. The Morgan fingerprint density at radius 3 is 2.58 bits per heavy atom.